The zero-order valence-electron chi connectivity index (χ0n) is 15.4. The quantitative estimate of drug-likeness (QED) is 0.537. The maximum Gasteiger partial charge on any atom is 0.401 e. The van der Waals surface area contributed by atoms with Crippen LogP contribution >= 0.6 is 0 Å². The summed E-state index contributed by atoms with van der Waals surface area (Å²) >= 11 is 0. The van der Waals surface area contributed by atoms with Crippen molar-refractivity contribution in [2.45, 2.75) is 57.8 Å². The second kappa shape index (κ2) is 9.62. The van der Waals surface area contributed by atoms with Gasteiger partial charge in [-0.15, -0.1) is 0 Å². The van der Waals surface area contributed by atoms with Crippen LogP contribution in [0.3, 0.4) is 0 Å². The Balaban J connectivity index is 1.85. The fourth-order valence-corrected chi connectivity index (χ4v) is 3.67. The van der Waals surface area contributed by atoms with Gasteiger partial charge in [-0.05, 0) is 45.7 Å². The fourth-order valence-electron chi connectivity index (χ4n) is 3.67. The van der Waals surface area contributed by atoms with Gasteiger partial charge in [-0.1, -0.05) is 6.92 Å². The van der Waals surface area contributed by atoms with Gasteiger partial charge >= 0.3 is 6.18 Å². The first-order valence-electron chi connectivity index (χ1n) is 9.49. The molecule has 0 aromatic rings. The third-order valence-corrected chi connectivity index (χ3v) is 4.95. The molecule has 25 heavy (non-hydrogen) atoms. The molecule has 0 aliphatic carbocycles. The number of guanidine groups is 1. The molecule has 0 radical (unpaired) electrons. The van der Waals surface area contributed by atoms with E-state index in [4.69, 9.17) is 4.99 Å². The average Bonchev–Trinajstić information content (AvgIpc) is 3.19. The topological polar surface area (TPSA) is 42.9 Å². The van der Waals surface area contributed by atoms with Crippen molar-refractivity contribution < 1.29 is 13.2 Å². The van der Waals surface area contributed by atoms with Gasteiger partial charge in [-0.25, -0.2) is 0 Å². The summed E-state index contributed by atoms with van der Waals surface area (Å²) in [5.74, 6) is 0.721. The van der Waals surface area contributed by atoms with Crippen molar-refractivity contribution in [3.8, 4) is 0 Å². The van der Waals surface area contributed by atoms with Gasteiger partial charge in [0.1, 0.15) is 0 Å². The summed E-state index contributed by atoms with van der Waals surface area (Å²) in [5.41, 5.74) is 0. The molecule has 146 valence electrons. The maximum atomic E-state index is 12.5. The third-order valence-electron chi connectivity index (χ3n) is 4.95. The number of nitrogens with one attached hydrogen (secondary N) is 2. The zero-order chi connectivity index (χ0) is 18.3. The van der Waals surface area contributed by atoms with Crippen molar-refractivity contribution in [1.82, 2.24) is 20.4 Å². The lowest BCUT2D eigenvalue weighted by atomic mass is 10.2. The predicted molar refractivity (Wildman–Crippen MR) is 94.9 cm³/mol. The van der Waals surface area contributed by atoms with E-state index >= 15 is 0 Å². The Kier molecular flexibility index (Phi) is 7.81. The SMILES string of the molecule is CCNC(=NCC(CC)N1CCCC1)NC1CCN(CC(F)(F)F)C1. The lowest BCUT2D eigenvalue weighted by Crippen LogP contribution is -2.46. The van der Waals surface area contributed by atoms with Crippen LogP contribution in [0.2, 0.25) is 0 Å². The minimum Gasteiger partial charge on any atom is -0.357 e. The third kappa shape index (κ3) is 7.01. The standard InChI is InChI=1S/C17H32F3N5/c1-3-15(25-8-5-6-9-25)11-22-16(21-4-2)23-14-7-10-24(12-14)13-17(18,19)20/h14-15H,3-13H2,1-2H3,(H2,21,22,23). The molecule has 0 aromatic heterocycles. The molecule has 8 heteroatoms. The van der Waals surface area contributed by atoms with Crippen LogP contribution in [0.15, 0.2) is 4.99 Å². The van der Waals surface area contributed by atoms with Crippen LogP contribution in [0.5, 0.6) is 0 Å². The fraction of sp³-hybridized carbons (Fsp3) is 0.941. The molecule has 2 saturated heterocycles. The van der Waals surface area contributed by atoms with E-state index in [-0.39, 0.29) is 6.04 Å². The van der Waals surface area contributed by atoms with Gasteiger partial charge in [-0.3, -0.25) is 14.8 Å². The molecule has 0 saturated carbocycles. The monoisotopic (exact) mass is 363 g/mol. The van der Waals surface area contributed by atoms with E-state index in [1.165, 1.54) is 17.7 Å². The number of halogens is 3. The number of likely N-dealkylation sites (tertiary alicyclic amines) is 2. The van der Waals surface area contributed by atoms with Crippen molar-refractivity contribution >= 4 is 5.96 Å². The number of hydrogen-bond donors (Lipinski definition) is 2. The number of alkyl halides is 3. The molecule has 0 amide bonds. The number of rotatable bonds is 7. The van der Waals surface area contributed by atoms with Crippen LogP contribution in [0, 0.1) is 0 Å². The van der Waals surface area contributed by atoms with E-state index in [9.17, 15) is 13.2 Å². The predicted octanol–water partition coefficient (Wildman–Crippen LogP) is 2.05. The molecule has 5 nitrogen and oxygen atoms in total. The van der Waals surface area contributed by atoms with Gasteiger partial charge in [0.25, 0.3) is 0 Å². The largest absolute Gasteiger partial charge is 0.401 e. The molecule has 2 fully saturated rings. The van der Waals surface area contributed by atoms with Crippen LogP contribution in [0.1, 0.15) is 39.5 Å². The van der Waals surface area contributed by atoms with Gasteiger partial charge in [0.2, 0.25) is 0 Å². The van der Waals surface area contributed by atoms with Crippen LogP contribution < -0.4 is 10.6 Å². The van der Waals surface area contributed by atoms with Gasteiger partial charge in [-0.2, -0.15) is 13.2 Å². The minimum atomic E-state index is -4.13. The smallest absolute Gasteiger partial charge is 0.357 e. The first-order chi connectivity index (χ1) is 11.9. The molecule has 0 spiro atoms. The van der Waals surface area contributed by atoms with Crippen LogP contribution in [-0.4, -0.2) is 79.8 Å². The Morgan fingerprint density at radius 2 is 1.92 bits per heavy atom. The number of hydrogen-bond acceptors (Lipinski definition) is 3. The minimum absolute atomic E-state index is 0.0204. The van der Waals surface area contributed by atoms with Gasteiger partial charge in [0, 0.05) is 31.7 Å². The van der Waals surface area contributed by atoms with E-state index < -0.39 is 12.7 Å². The molecule has 0 aromatic carbocycles. The Bertz CT molecular complexity index is 421. The molecular formula is C17H32F3N5. The molecule has 2 atom stereocenters. The molecule has 0 bridgehead atoms. The van der Waals surface area contributed by atoms with Crippen LogP contribution in [0.25, 0.3) is 0 Å². The Morgan fingerprint density at radius 1 is 1.20 bits per heavy atom. The van der Waals surface area contributed by atoms with Crippen molar-refractivity contribution in [3.63, 3.8) is 0 Å². The Hall–Kier alpha value is -1.02. The number of nitrogens with zero attached hydrogens (tertiary/aromatic N) is 3. The first kappa shape index (κ1) is 20.3. The highest BCUT2D eigenvalue weighted by molar-refractivity contribution is 5.80. The maximum absolute atomic E-state index is 12.5. The molecule has 2 N–H and O–H groups in total. The molecule has 2 aliphatic rings. The van der Waals surface area contributed by atoms with Gasteiger partial charge in [0.15, 0.2) is 5.96 Å². The van der Waals surface area contributed by atoms with Crippen molar-refractivity contribution in [3.05, 3.63) is 0 Å². The summed E-state index contributed by atoms with van der Waals surface area (Å²) in [6, 6.07) is 0.468. The highest BCUT2D eigenvalue weighted by Gasteiger charge is 2.34. The van der Waals surface area contributed by atoms with Crippen LogP contribution in [0.4, 0.5) is 13.2 Å². The second-order valence-electron chi connectivity index (χ2n) is 7.01. The number of aliphatic imine (C=N–C) groups is 1. The molecular weight excluding hydrogens is 331 g/mol. The Morgan fingerprint density at radius 3 is 2.52 bits per heavy atom. The summed E-state index contributed by atoms with van der Waals surface area (Å²) in [5, 5.41) is 6.54. The van der Waals surface area contributed by atoms with Crippen LogP contribution in [-0.2, 0) is 0 Å². The highest BCUT2D eigenvalue weighted by Crippen LogP contribution is 2.20. The van der Waals surface area contributed by atoms with E-state index in [1.54, 1.807) is 0 Å². The van der Waals surface area contributed by atoms with E-state index in [0.717, 1.165) is 38.6 Å². The normalized spacial score (nSPS) is 24.7. The van der Waals surface area contributed by atoms with Gasteiger partial charge in [0.05, 0.1) is 13.1 Å². The Labute approximate surface area is 149 Å². The summed E-state index contributed by atoms with van der Waals surface area (Å²) in [4.78, 5) is 8.66. The summed E-state index contributed by atoms with van der Waals surface area (Å²) in [6.45, 7) is 8.00. The second-order valence-corrected chi connectivity index (χ2v) is 7.01. The van der Waals surface area contributed by atoms with E-state index in [0.29, 0.717) is 25.6 Å². The van der Waals surface area contributed by atoms with Gasteiger partial charge < -0.3 is 10.6 Å². The highest BCUT2D eigenvalue weighted by atomic mass is 19.4. The van der Waals surface area contributed by atoms with Crippen molar-refractivity contribution in [2.75, 3.05) is 45.8 Å². The molecule has 2 rings (SSSR count). The van der Waals surface area contributed by atoms with Crippen molar-refractivity contribution in [1.29, 1.82) is 0 Å². The zero-order valence-corrected chi connectivity index (χ0v) is 15.4. The average molecular weight is 363 g/mol. The van der Waals surface area contributed by atoms with Crippen molar-refractivity contribution in [2.24, 2.45) is 4.99 Å². The van der Waals surface area contributed by atoms with E-state index in [2.05, 4.69) is 22.5 Å². The summed E-state index contributed by atoms with van der Waals surface area (Å²) < 4.78 is 37.5. The molecule has 2 unspecified atom stereocenters. The van der Waals surface area contributed by atoms with E-state index in [1.807, 2.05) is 6.92 Å². The summed E-state index contributed by atoms with van der Waals surface area (Å²) in [7, 11) is 0. The molecule has 2 aliphatic heterocycles. The molecule has 2 heterocycles. The summed E-state index contributed by atoms with van der Waals surface area (Å²) in [6.07, 6.45) is 0.165. The lowest BCUT2D eigenvalue weighted by Gasteiger charge is -2.25. The lowest BCUT2D eigenvalue weighted by molar-refractivity contribution is -0.143. The first-order valence-corrected chi connectivity index (χ1v) is 9.49.